The number of carbonyl (C=O) groups excluding carboxylic acids is 1. The Morgan fingerprint density at radius 2 is 1.95 bits per heavy atom. The van der Waals surface area contributed by atoms with Gasteiger partial charge in [-0.3, -0.25) is 14.9 Å². The van der Waals surface area contributed by atoms with Crippen LogP contribution in [0.25, 0.3) is 0 Å². The maximum atomic E-state index is 12.7. The predicted octanol–water partition coefficient (Wildman–Crippen LogP) is 2.03. The molecule has 2 heterocycles. The molecule has 3 rings (SSSR count). The summed E-state index contributed by atoms with van der Waals surface area (Å²) in [6.07, 6.45) is 2.69. The fraction of sp³-hybridized carbons (Fsp3) is 0.533. The average Bonchev–Trinajstić information content (AvgIpc) is 2.70. The van der Waals surface area contributed by atoms with Crippen molar-refractivity contribution in [2.24, 2.45) is 0 Å². The van der Waals surface area contributed by atoms with E-state index in [1.807, 2.05) is 4.90 Å². The Bertz CT molecular complexity index is 587. The monoisotopic (exact) mass is 290 g/mol. The summed E-state index contributed by atoms with van der Waals surface area (Å²) in [4.78, 5) is 25.0. The van der Waals surface area contributed by atoms with Crippen LogP contribution in [0.3, 0.4) is 0 Å². The van der Waals surface area contributed by atoms with Gasteiger partial charge in [-0.05, 0) is 38.7 Å². The fourth-order valence-corrected chi connectivity index (χ4v) is 3.57. The zero-order valence-electron chi connectivity index (χ0n) is 11.9. The van der Waals surface area contributed by atoms with E-state index in [4.69, 9.17) is 0 Å². The van der Waals surface area contributed by atoms with E-state index in [1.165, 1.54) is 6.07 Å². The van der Waals surface area contributed by atoms with Crippen molar-refractivity contribution < 1.29 is 14.8 Å². The molecule has 0 saturated carbocycles. The van der Waals surface area contributed by atoms with Crippen molar-refractivity contribution in [2.45, 2.75) is 50.8 Å². The van der Waals surface area contributed by atoms with Crippen LogP contribution in [0.5, 0.6) is 0 Å². The summed E-state index contributed by atoms with van der Waals surface area (Å²) in [6, 6.07) is 4.75. The second kappa shape index (κ2) is 5.11. The van der Waals surface area contributed by atoms with Crippen LogP contribution in [-0.2, 0) is 0 Å². The lowest BCUT2D eigenvalue weighted by molar-refractivity contribution is -0.385. The van der Waals surface area contributed by atoms with Gasteiger partial charge in [0.25, 0.3) is 11.6 Å². The first-order valence-electron chi connectivity index (χ1n) is 7.23. The van der Waals surface area contributed by atoms with E-state index in [1.54, 1.807) is 19.1 Å². The van der Waals surface area contributed by atoms with E-state index in [0.717, 1.165) is 12.8 Å². The molecule has 6 heteroatoms. The first kappa shape index (κ1) is 14.0. The van der Waals surface area contributed by atoms with Crippen LogP contribution in [0.1, 0.15) is 41.6 Å². The van der Waals surface area contributed by atoms with Crippen molar-refractivity contribution in [1.82, 2.24) is 4.90 Å². The van der Waals surface area contributed by atoms with E-state index in [-0.39, 0.29) is 29.8 Å². The van der Waals surface area contributed by atoms with Crippen molar-refractivity contribution in [3.63, 3.8) is 0 Å². The summed E-state index contributed by atoms with van der Waals surface area (Å²) in [5.41, 5.74) is 0.888. The Morgan fingerprint density at radius 3 is 2.52 bits per heavy atom. The lowest BCUT2D eigenvalue weighted by Crippen LogP contribution is -2.48. The molecule has 6 nitrogen and oxygen atoms in total. The van der Waals surface area contributed by atoms with Gasteiger partial charge in [0, 0.05) is 29.3 Å². The Balaban J connectivity index is 1.89. The van der Waals surface area contributed by atoms with E-state index in [0.29, 0.717) is 24.0 Å². The molecule has 0 radical (unpaired) electrons. The van der Waals surface area contributed by atoms with Crippen molar-refractivity contribution in [1.29, 1.82) is 0 Å². The summed E-state index contributed by atoms with van der Waals surface area (Å²) in [7, 11) is 0. The highest BCUT2D eigenvalue weighted by Crippen LogP contribution is 2.37. The molecular weight excluding hydrogens is 272 g/mol. The zero-order chi connectivity index (χ0) is 15.1. The number of rotatable bonds is 2. The van der Waals surface area contributed by atoms with Crippen LogP contribution in [0.4, 0.5) is 5.69 Å². The molecular formula is C15H18N2O4. The number of fused-ring (bicyclic) bond motifs is 2. The number of aliphatic hydroxyl groups excluding tert-OH is 1. The lowest BCUT2D eigenvalue weighted by atomic mass is 9.98. The number of nitrogens with zero attached hydrogens (tertiary/aromatic N) is 2. The first-order chi connectivity index (χ1) is 9.97. The summed E-state index contributed by atoms with van der Waals surface area (Å²) in [5.74, 6) is -0.155. The van der Waals surface area contributed by atoms with E-state index in [9.17, 15) is 20.0 Å². The lowest BCUT2D eigenvalue weighted by Gasteiger charge is -2.37. The molecule has 21 heavy (non-hydrogen) atoms. The molecule has 1 amide bonds. The molecule has 1 aromatic carbocycles. The van der Waals surface area contributed by atoms with Gasteiger partial charge in [0.05, 0.1) is 11.0 Å². The van der Waals surface area contributed by atoms with Gasteiger partial charge in [0.15, 0.2) is 0 Å². The Labute approximate surface area is 122 Å². The molecule has 2 aliphatic rings. The molecule has 112 valence electrons. The number of carbonyl (C=O) groups is 1. The minimum atomic E-state index is -0.458. The molecule has 2 atom stereocenters. The number of hydrogen-bond donors (Lipinski definition) is 1. The van der Waals surface area contributed by atoms with Crippen molar-refractivity contribution in [3.05, 3.63) is 39.4 Å². The van der Waals surface area contributed by atoms with Crippen molar-refractivity contribution in [3.8, 4) is 0 Å². The molecule has 2 saturated heterocycles. The average molecular weight is 290 g/mol. The third-order valence-electron chi connectivity index (χ3n) is 4.60. The molecule has 1 N–H and O–H groups in total. The Kier molecular flexibility index (Phi) is 3.41. The molecule has 2 aliphatic heterocycles. The fourth-order valence-electron chi connectivity index (χ4n) is 3.57. The SMILES string of the molecule is Cc1ccc(C(=O)N2C3CCC2CC(O)C3)cc1[N+](=O)[O-]. The van der Waals surface area contributed by atoms with E-state index >= 15 is 0 Å². The van der Waals surface area contributed by atoms with Crippen molar-refractivity contribution >= 4 is 11.6 Å². The summed E-state index contributed by atoms with van der Waals surface area (Å²) < 4.78 is 0. The van der Waals surface area contributed by atoms with Crippen LogP contribution < -0.4 is 0 Å². The van der Waals surface area contributed by atoms with Gasteiger partial charge in [-0.1, -0.05) is 6.07 Å². The summed E-state index contributed by atoms with van der Waals surface area (Å²) in [5, 5.41) is 20.8. The van der Waals surface area contributed by atoms with Gasteiger partial charge in [0.1, 0.15) is 0 Å². The first-order valence-corrected chi connectivity index (χ1v) is 7.23. The van der Waals surface area contributed by atoms with Gasteiger partial charge in [0.2, 0.25) is 0 Å². The smallest absolute Gasteiger partial charge is 0.273 e. The van der Waals surface area contributed by atoms with E-state index in [2.05, 4.69) is 0 Å². The van der Waals surface area contributed by atoms with Crippen LogP contribution in [0.2, 0.25) is 0 Å². The predicted molar refractivity (Wildman–Crippen MR) is 76.1 cm³/mol. The number of hydrogen-bond acceptors (Lipinski definition) is 4. The second-order valence-corrected chi connectivity index (χ2v) is 5.98. The Hall–Kier alpha value is -1.95. The van der Waals surface area contributed by atoms with Crippen LogP contribution in [0.15, 0.2) is 18.2 Å². The number of benzene rings is 1. The molecule has 0 spiro atoms. The minimum Gasteiger partial charge on any atom is -0.393 e. The number of aliphatic hydroxyl groups is 1. The molecule has 2 bridgehead atoms. The quantitative estimate of drug-likeness (QED) is 0.667. The molecule has 0 aliphatic carbocycles. The van der Waals surface area contributed by atoms with Gasteiger partial charge in [-0.15, -0.1) is 0 Å². The standard InChI is InChI=1S/C15H18N2O4/c1-9-2-3-10(6-14(9)17(20)21)15(19)16-11-4-5-12(16)8-13(18)7-11/h2-3,6,11-13,18H,4-5,7-8H2,1H3. The van der Waals surface area contributed by atoms with E-state index < -0.39 is 4.92 Å². The highest BCUT2D eigenvalue weighted by Gasteiger charge is 2.43. The highest BCUT2D eigenvalue weighted by molar-refractivity contribution is 5.95. The molecule has 1 aromatic rings. The molecule has 2 fully saturated rings. The molecule has 0 aromatic heterocycles. The third-order valence-corrected chi connectivity index (χ3v) is 4.60. The van der Waals surface area contributed by atoms with Crippen LogP contribution >= 0.6 is 0 Å². The highest BCUT2D eigenvalue weighted by atomic mass is 16.6. The maximum Gasteiger partial charge on any atom is 0.273 e. The van der Waals surface area contributed by atoms with Gasteiger partial charge in [-0.2, -0.15) is 0 Å². The number of aryl methyl sites for hydroxylation is 1. The van der Waals surface area contributed by atoms with Crippen LogP contribution in [-0.4, -0.2) is 39.0 Å². The van der Waals surface area contributed by atoms with Crippen molar-refractivity contribution in [2.75, 3.05) is 0 Å². The number of nitro groups is 1. The summed E-state index contributed by atoms with van der Waals surface area (Å²) in [6.45, 7) is 1.66. The zero-order valence-corrected chi connectivity index (χ0v) is 11.9. The third kappa shape index (κ3) is 2.40. The maximum absolute atomic E-state index is 12.7. The van der Waals surface area contributed by atoms with Gasteiger partial charge < -0.3 is 10.0 Å². The molecule has 2 unspecified atom stereocenters. The van der Waals surface area contributed by atoms with Gasteiger partial charge in [-0.25, -0.2) is 0 Å². The second-order valence-electron chi connectivity index (χ2n) is 5.98. The Morgan fingerprint density at radius 1 is 1.33 bits per heavy atom. The normalized spacial score (nSPS) is 27.7. The largest absolute Gasteiger partial charge is 0.393 e. The minimum absolute atomic E-state index is 0.0229. The van der Waals surface area contributed by atoms with Gasteiger partial charge >= 0.3 is 0 Å². The van der Waals surface area contributed by atoms with Crippen LogP contribution in [0, 0.1) is 17.0 Å². The summed E-state index contributed by atoms with van der Waals surface area (Å²) >= 11 is 0. The topological polar surface area (TPSA) is 83.7 Å². The number of amides is 1. The number of piperidine rings is 1. The number of nitro benzene ring substituents is 1.